The number of aliphatic carboxylic acids is 1. The topological polar surface area (TPSA) is 132 Å². The molecule has 2 aliphatic heterocycles. The summed E-state index contributed by atoms with van der Waals surface area (Å²) in [6.45, 7) is 3.66. The number of hydrogen-bond acceptors (Lipinski definition) is 9. The molecule has 0 aromatic heterocycles. The summed E-state index contributed by atoms with van der Waals surface area (Å²) in [6.07, 6.45) is 3.39. The SMILES string of the molecule is O=C(O)CCOCCOCCOCCOCCNC(=O)CCCCC1SCC2SC(=O)NC12. The largest absolute Gasteiger partial charge is 0.481 e. The molecule has 3 N–H and O–H groups in total. The molecule has 2 saturated heterocycles. The van der Waals surface area contributed by atoms with E-state index >= 15 is 0 Å². The molecule has 0 saturated carbocycles. The number of hydrogen-bond donors (Lipinski definition) is 3. The summed E-state index contributed by atoms with van der Waals surface area (Å²) in [5.41, 5.74) is 0. The quantitative estimate of drug-likeness (QED) is 0.208. The van der Waals surface area contributed by atoms with Gasteiger partial charge in [0.1, 0.15) is 0 Å². The van der Waals surface area contributed by atoms with Crippen molar-refractivity contribution in [3.05, 3.63) is 0 Å². The zero-order valence-corrected chi connectivity index (χ0v) is 20.6. The van der Waals surface area contributed by atoms with E-state index < -0.39 is 5.97 Å². The molecule has 2 rings (SSSR count). The lowest BCUT2D eigenvalue weighted by Gasteiger charge is -2.16. The van der Waals surface area contributed by atoms with Gasteiger partial charge in [-0.1, -0.05) is 18.2 Å². The number of amides is 2. The van der Waals surface area contributed by atoms with Gasteiger partial charge in [-0.3, -0.25) is 14.4 Å². The first kappa shape index (κ1) is 28.2. The molecule has 2 heterocycles. The minimum atomic E-state index is -0.877. The highest BCUT2D eigenvalue weighted by Crippen LogP contribution is 2.41. The molecule has 33 heavy (non-hydrogen) atoms. The number of carbonyl (C=O) groups excluding carboxylic acids is 2. The second kappa shape index (κ2) is 17.4. The van der Waals surface area contributed by atoms with Crippen molar-refractivity contribution >= 4 is 40.6 Å². The van der Waals surface area contributed by atoms with E-state index in [4.69, 9.17) is 24.1 Å². The third kappa shape index (κ3) is 12.8. The Kier molecular flexibility index (Phi) is 14.9. The van der Waals surface area contributed by atoms with Crippen molar-refractivity contribution in [2.45, 2.75) is 48.6 Å². The normalized spacial score (nSPS) is 21.7. The van der Waals surface area contributed by atoms with Crippen molar-refractivity contribution in [3.8, 4) is 0 Å². The molecule has 3 unspecified atom stereocenters. The maximum absolute atomic E-state index is 11.9. The van der Waals surface area contributed by atoms with Crippen molar-refractivity contribution in [1.82, 2.24) is 10.6 Å². The monoisotopic (exact) mass is 508 g/mol. The minimum Gasteiger partial charge on any atom is -0.481 e. The van der Waals surface area contributed by atoms with Crippen LogP contribution < -0.4 is 10.6 Å². The zero-order valence-electron chi connectivity index (χ0n) is 19.0. The zero-order chi connectivity index (χ0) is 23.7. The number of nitrogens with one attached hydrogen (secondary N) is 2. The summed E-state index contributed by atoms with van der Waals surface area (Å²) in [6, 6.07) is 0.298. The third-order valence-electron chi connectivity index (χ3n) is 5.11. The van der Waals surface area contributed by atoms with Crippen LogP contribution in [0.25, 0.3) is 0 Å². The lowest BCUT2D eigenvalue weighted by Crippen LogP contribution is -2.36. The lowest BCUT2D eigenvalue weighted by atomic mass is 10.0. The van der Waals surface area contributed by atoms with Gasteiger partial charge in [-0.2, -0.15) is 11.8 Å². The Balaban J connectivity index is 1.28. The van der Waals surface area contributed by atoms with E-state index in [9.17, 15) is 14.4 Å². The van der Waals surface area contributed by atoms with Crippen LogP contribution in [-0.2, 0) is 28.5 Å². The number of carbonyl (C=O) groups is 3. The fraction of sp³-hybridized carbons (Fsp3) is 0.857. The fourth-order valence-corrected chi connectivity index (χ4v) is 6.37. The van der Waals surface area contributed by atoms with E-state index in [1.165, 1.54) is 11.8 Å². The molecule has 2 aliphatic rings. The molecule has 0 bridgehead atoms. The third-order valence-corrected chi connectivity index (χ3v) is 7.92. The van der Waals surface area contributed by atoms with Gasteiger partial charge in [0.2, 0.25) is 5.91 Å². The van der Waals surface area contributed by atoms with Crippen LogP contribution in [-0.4, -0.2) is 104 Å². The molecule has 190 valence electrons. The van der Waals surface area contributed by atoms with Crippen molar-refractivity contribution in [1.29, 1.82) is 0 Å². The van der Waals surface area contributed by atoms with Crippen molar-refractivity contribution in [2.24, 2.45) is 0 Å². The number of rotatable bonds is 20. The van der Waals surface area contributed by atoms with Crippen LogP contribution in [0, 0.1) is 0 Å². The Bertz CT molecular complexity index is 599. The van der Waals surface area contributed by atoms with Gasteiger partial charge in [0.25, 0.3) is 5.24 Å². The maximum Gasteiger partial charge on any atom is 0.305 e. The van der Waals surface area contributed by atoms with E-state index in [-0.39, 0.29) is 24.2 Å². The second-order valence-electron chi connectivity index (χ2n) is 7.67. The highest BCUT2D eigenvalue weighted by molar-refractivity contribution is 8.15. The fourth-order valence-electron chi connectivity index (χ4n) is 3.43. The number of ether oxygens (including phenoxy) is 4. The van der Waals surface area contributed by atoms with Gasteiger partial charge in [-0.15, -0.1) is 0 Å². The van der Waals surface area contributed by atoms with Gasteiger partial charge in [0, 0.05) is 29.2 Å². The van der Waals surface area contributed by atoms with Gasteiger partial charge < -0.3 is 34.7 Å². The van der Waals surface area contributed by atoms with Gasteiger partial charge in [-0.05, 0) is 12.8 Å². The van der Waals surface area contributed by atoms with Crippen LogP contribution in [0.15, 0.2) is 0 Å². The molecule has 0 spiro atoms. The summed E-state index contributed by atoms with van der Waals surface area (Å²) >= 11 is 3.37. The average Bonchev–Trinajstić information content (AvgIpc) is 3.33. The van der Waals surface area contributed by atoms with Crippen molar-refractivity contribution in [3.63, 3.8) is 0 Å². The first-order valence-electron chi connectivity index (χ1n) is 11.4. The second-order valence-corrected chi connectivity index (χ2v) is 10.2. The molecule has 0 aromatic rings. The Hall–Kier alpha value is -1.05. The van der Waals surface area contributed by atoms with Crippen molar-refractivity contribution < 1.29 is 38.4 Å². The summed E-state index contributed by atoms with van der Waals surface area (Å²) in [4.78, 5) is 33.7. The number of fused-ring (bicyclic) bond motifs is 1. The number of unbranched alkanes of at least 4 members (excludes halogenated alkanes) is 1. The number of carboxylic acids is 1. The van der Waals surface area contributed by atoms with Crippen LogP contribution in [0.4, 0.5) is 4.79 Å². The predicted octanol–water partition coefficient (Wildman–Crippen LogP) is 1.51. The van der Waals surface area contributed by atoms with E-state index in [1.807, 2.05) is 11.8 Å². The summed E-state index contributed by atoms with van der Waals surface area (Å²) in [7, 11) is 0. The Morgan fingerprint density at radius 1 is 0.939 bits per heavy atom. The van der Waals surface area contributed by atoms with E-state index in [0.717, 1.165) is 25.0 Å². The molecule has 0 aromatic carbocycles. The number of thioether (sulfide) groups is 2. The van der Waals surface area contributed by atoms with Crippen LogP contribution in [0.1, 0.15) is 32.1 Å². The minimum absolute atomic E-state index is 0.00447. The number of carboxylic acid groups (broad SMARTS) is 1. The van der Waals surface area contributed by atoms with E-state index in [2.05, 4.69) is 10.6 Å². The first-order valence-corrected chi connectivity index (χ1v) is 13.4. The van der Waals surface area contributed by atoms with Crippen LogP contribution >= 0.6 is 23.5 Å². The molecule has 3 atom stereocenters. The van der Waals surface area contributed by atoms with Gasteiger partial charge in [-0.25, -0.2) is 0 Å². The molecule has 2 amide bonds. The van der Waals surface area contributed by atoms with Crippen LogP contribution in [0.2, 0.25) is 0 Å². The van der Waals surface area contributed by atoms with Crippen molar-refractivity contribution in [2.75, 3.05) is 65.2 Å². The molecule has 2 fully saturated rings. The van der Waals surface area contributed by atoms with Crippen LogP contribution in [0.3, 0.4) is 0 Å². The molecule has 12 heteroatoms. The predicted molar refractivity (Wildman–Crippen MR) is 127 cm³/mol. The highest BCUT2D eigenvalue weighted by Gasteiger charge is 2.43. The molecular weight excluding hydrogens is 472 g/mol. The smallest absolute Gasteiger partial charge is 0.305 e. The van der Waals surface area contributed by atoms with Gasteiger partial charge >= 0.3 is 5.97 Å². The average molecular weight is 509 g/mol. The first-order chi connectivity index (χ1) is 16.1. The molecule has 10 nitrogen and oxygen atoms in total. The molecular formula is C21H36N2O8S2. The standard InChI is InChI=1S/C21H36N2O8S2/c24-18(4-2-1-3-16-20-17(15-32-16)33-21(27)23-20)22-6-8-29-10-12-31-14-13-30-11-9-28-7-5-19(25)26/h16-17,20H,1-15H2,(H,22,24)(H,23,27)(H,25,26). The highest BCUT2D eigenvalue weighted by atomic mass is 32.2. The summed E-state index contributed by atoms with van der Waals surface area (Å²) in [5, 5.41) is 15.4. The molecule has 0 radical (unpaired) electrons. The van der Waals surface area contributed by atoms with Crippen LogP contribution in [0.5, 0.6) is 0 Å². The lowest BCUT2D eigenvalue weighted by molar-refractivity contribution is -0.138. The van der Waals surface area contributed by atoms with E-state index in [0.29, 0.717) is 75.8 Å². The van der Waals surface area contributed by atoms with E-state index in [1.54, 1.807) is 0 Å². The summed E-state index contributed by atoms with van der Waals surface area (Å²) in [5.74, 6) is 0.198. The summed E-state index contributed by atoms with van der Waals surface area (Å²) < 4.78 is 21.2. The van der Waals surface area contributed by atoms with Gasteiger partial charge in [0.15, 0.2) is 0 Å². The molecule has 0 aliphatic carbocycles. The Labute approximate surface area is 203 Å². The van der Waals surface area contributed by atoms with Gasteiger partial charge in [0.05, 0.1) is 65.3 Å². The Morgan fingerprint density at radius 2 is 1.58 bits per heavy atom. The Morgan fingerprint density at radius 3 is 2.24 bits per heavy atom. The maximum atomic E-state index is 11.9.